The Morgan fingerprint density at radius 2 is 1.90 bits per heavy atom. The first-order valence-corrected chi connectivity index (χ1v) is 7.52. The second-order valence-electron chi connectivity index (χ2n) is 5.18. The first-order chi connectivity index (χ1) is 10.3. The van der Waals surface area contributed by atoms with Crippen molar-refractivity contribution in [3.63, 3.8) is 0 Å². The average molecular weight is 283 g/mol. The minimum absolute atomic E-state index is 0.196. The van der Waals surface area contributed by atoms with Crippen molar-refractivity contribution in [3.8, 4) is 6.07 Å². The van der Waals surface area contributed by atoms with Crippen molar-refractivity contribution in [1.29, 1.82) is 5.26 Å². The number of aryl methyl sites for hydroxylation is 1. The summed E-state index contributed by atoms with van der Waals surface area (Å²) in [5.74, 6) is 1.38. The minimum Gasteiger partial charge on any atom is -0.339 e. The maximum Gasteiger partial charge on any atom is 0.226 e. The van der Waals surface area contributed by atoms with Gasteiger partial charge in [0.15, 0.2) is 5.82 Å². The van der Waals surface area contributed by atoms with Gasteiger partial charge in [0.05, 0.1) is 11.5 Å². The predicted molar refractivity (Wildman–Crippen MR) is 80.7 cm³/mol. The van der Waals surface area contributed by atoms with E-state index in [1.807, 2.05) is 18.2 Å². The van der Waals surface area contributed by atoms with E-state index in [1.54, 1.807) is 0 Å². The van der Waals surface area contributed by atoms with Gasteiger partial charge in [-0.05, 0) is 24.8 Å². The molecule has 0 saturated carbocycles. The molecule has 1 aromatic carbocycles. The topological polar surface area (TPSA) is 62.7 Å². The van der Waals surface area contributed by atoms with E-state index in [0.717, 1.165) is 25.1 Å². The van der Waals surface area contributed by atoms with E-state index in [0.29, 0.717) is 18.7 Å². The van der Waals surface area contributed by atoms with Crippen LogP contribution in [0.2, 0.25) is 0 Å². The first-order valence-electron chi connectivity index (χ1n) is 7.52. The number of hydrogen-bond acceptors (Lipinski definition) is 4. The Labute approximate surface area is 125 Å². The van der Waals surface area contributed by atoms with Crippen LogP contribution in [0.1, 0.15) is 56.8 Å². The molecule has 21 heavy (non-hydrogen) atoms. The highest BCUT2D eigenvalue weighted by Gasteiger charge is 2.35. The minimum atomic E-state index is -0.196. The van der Waals surface area contributed by atoms with Gasteiger partial charge in [0.2, 0.25) is 5.89 Å². The van der Waals surface area contributed by atoms with Crippen LogP contribution < -0.4 is 0 Å². The van der Waals surface area contributed by atoms with E-state index < -0.39 is 0 Å². The number of unbranched alkanes of at least 4 members (excludes halogenated alkanes) is 1. The van der Waals surface area contributed by atoms with Crippen molar-refractivity contribution in [2.45, 2.75) is 51.4 Å². The van der Waals surface area contributed by atoms with E-state index in [1.165, 1.54) is 5.56 Å². The zero-order chi connectivity index (χ0) is 15.1. The van der Waals surface area contributed by atoms with E-state index in [9.17, 15) is 0 Å². The van der Waals surface area contributed by atoms with Crippen molar-refractivity contribution in [3.05, 3.63) is 47.6 Å². The Balaban J connectivity index is 2.29. The quantitative estimate of drug-likeness (QED) is 0.720. The van der Waals surface area contributed by atoms with Crippen molar-refractivity contribution in [2.75, 3.05) is 0 Å². The molecule has 0 aliphatic heterocycles. The fourth-order valence-corrected chi connectivity index (χ4v) is 2.73. The SMILES string of the molecule is CCC(CC)(c1ccccc1)c1noc(CCCC#N)n1. The second-order valence-corrected chi connectivity index (χ2v) is 5.18. The molecular formula is C17H21N3O. The summed E-state index contributed by atoms with van der Waals surface area (Å²) in [5, 5.41) is 12.8. The van der Waals surface area contributed by atoms with Gasteiger partial charge in [-0.3, -0.25) is 0 Å². The molecule has 0 fully saturated rings. The Bertz CT molecular complexity index is 594. The summed E-state index contributed by atoms with van der Waals surface area (Å²) in [6.45, 7) is 4.31. The molecule has 0 radical (unpaired) electrons. The molecule has 0 N–H and O–H groups in total. The molecule has 1 aromatic heterocycles. The molecule has 1 heterocycles. The monoisotopic (exact) mass is 283 g/mol. The summed E-state index contributed by atoms with van der Waals surface area (Å²) in [6, 6.07) is 12.5. The van der Waals surface area contributed by atoms with Gasteiger partial charge < -0.3 is 4.52 Å². The molecular weight excluding hydrogens is 262 g/mol. The van der Waals surface area contributed by atoms with Gasteiger partial charge >= 0.3 is 0 Å². The maximum atomic E-state index is 8.59. The molecule has 110 valence electrons. The lowest BCUT2D eigenvalue weighted by molar-refractivity contribution is 0.352. The van der Waals surface area contributed by atoms with Crippen LogP contribution in [0.25, 0.3) is 0 Å². The molecule has 0 amide bonds. The van der Waals surface area contributed by atoms with E-state index in [2.05, 4.69) is 42.2 Å². The summed E-state index contributed by atoms with van der Waals surface area (Å²) in [7, 11) is 0. The molecule has 0 aliphatic carbocycles. The lowest BCUT2D eigenvalue weighted by Crippen LogP contribution is -2.27. The number of nitrogens with zero attached hydrogens (tertiary/aromatic N) is 3. The Kier molecular flexibility index (Phi) is 5.10. The van der Waals surface area contributed by atoms with Gasteiger partial charge in [0.1, 0.15) is 0 Å². The van der Waals surface area contributed by atoms with E-state index >= 15 is 0 Å². The highest BCUT2D eigenvalue weighted by molar-refractivity contribution is 5.32. The van der Waals surface area contributed by atoms with Gasteiger partial charge in [-0.15, -0.1) is 0 Å². The number of rotatable bonds is 7. The van der Waals surface area contributed by atoms with Crippen molar-refractivity contribution in [2.24, 2.45) is 0 Å². The third-order valence-corrected chi connectivity index (χ3v) is 4.11. The van der Waals surface area contributed by atoms with Crippen LogP contribution in [0, 0.1) is 11.3 Å². The molecule has 0 spiro atoms. The van der Waals surface area contributed by atoms with Crippen LogP contribution >= 0.6 is 0 Å². The van der Waals surface area contributed by atoms with Gasteiger partial charge in [-0.1, -0.05) is 49.3 Å². The fraction of sp³-hybridized carbons (Fsp3) is 0.471. The second kappa shape index (κ2) is 7.03. The Morgan fingerprint density at radius 3 is 2.52 bits per heavy atom. The number of benzene rings is 1. The zero-order valence-corrected chi connectivity index (χ0v) is 12.7. The summed E-state index contributed by atoms with van der Waals surface area (Å²) >= 11 is 0. The lowest BCUT2D eigenvalue weighted by atomic mass is 9.75. The third-order valence-electron chi connectivity index (χ3n) is 4.11. The highest BCUT2D eigenvalue weighted by atomic mass is 16.5. The average Bonchev–Trinajstić information content (AvgIpc) is 3.00. The molecule has 4 heteroatoms. The molecule has 0 atom stereocenters. The summed E-state index contributed by atoms with van der Waals surface area (Å²) in [4.78, 5) is 4.59. The van der Waals surface area contributed by atoms with Gasteiger partial charge in [-0.2, -0.15) is 10.2 Å². The summed E-state index contributed by atoms with van der Waals surface area (Å²) < 4.78 is 5.37. The number of nitriles is 1. The van der Waals surface area contributed by atoms with Gasteiger partial charge in [0, 0.05) is 12.8 Å². The summed E-state index contributed by atoms with van der Waals surface area (Å²) in [6.07, 6.45) is 3.78. The lowest BCUT2D eigenvalue weighted by Gasteiger charge is -2.28. The largest absolute Gasteiger partial charge is 0.339 e. The molecule has 0 unspecified atom stereocenters. The van der Waals surface area contributed by atoms with Gasteiger partial charge in [0.25, 0.3) is 0 Å². The third kappa shape index (κ3) is 3.13. The molecule has 0 saturated heterocycles. The standard InChI is InChI=1S/C17H21N3O/c1-3-17(4-2,14-10-6-5-7-11-14)16-19-15(21-20-16)12-8-9-13-18/h5-7,10-11H,3-4,8-9,12H2,1-2H3. The van der Waals surface area contributed by atoms with Gasteiger partial charge in [-0.25, -0.2) is 0 Å². The van der Waals surface area contributed by atoms with Crippen LogP contribution in [0.4, 0.5) is 0 Å². The Morgan fingerprint density at radius 1 is 1.19 bits per heavy atom. The van der Waals surface area contributed by atoms with Crippen LogP contribution in [0.15, 0.2) is 34.9 Å². The number of aromatic nitrogens is 2. The maximum absolute atomic E-state index is 8.59. The van der Waals surface area contributed by atoms with Crippen molar-refractivity contribution < 1.29 is 4.52 Å². The molecule has 2 rings (SSSR count). The van der Waals surface area contributed by atoms with E-state index in [-0.39, 0.29) is 5.41 Å². The van der Waals surface area contributed by atoms with Crippen LogP contribution in [-0.2, 0) is 11.8 Å². The highest BCUT2D eigenvalue weighted by Crippen LogP contribution is 2.36. The normalized spacial score (nSPS) is 11.3. The smallest absolute Gasteiger partial charge is 0.226 e. The van der Waals surface area contributed by atoms with Crippen LogP contribution in [0.3, 0.4) is 0 Å². The van der Waals surface area contributed by atoms with Crippen molar-refractivity contribution >= 4 is 0 Å². The molecule has 2 aromatic rings. The van der Waals surface area contributed by atoms with Crippen LogP contribution in [-0.4, -0.2) is 10.1 Å². The van der Waals surface area contributed by atoms with Crippen molar-refractivity contribution in [1.82, 2.24) is 10.1 Å². The molecule has 0 bridgehead atoms. The predicted octanol–water partition coefficient (Wildman–Crippen LogP) is 4.02. The first kappa shape index (κ1) is 15.2. The van der Waals surface area contributed by atoms with Crippen LogP contribution in [0.5, 0.6) is 0 Å². The molecule has 0 aliphatic rings. The Hall–Kier alpha value is -2.15. The van der Waals surface area contributed by atoms with E-state index in [4.69, 9.17) is 9.78 Å². The summed E-state index contributed by atoms with van der Waals surface area (Å²) in [5.41, 5.74) is 1.03. The zero-order valence-electron chi connectivity index (χ0n) is 12.7. The molecule has 4 nitrogen and oxygen atoms in total. The fourth-order valence-electron chi connectivity index (χ4n) is 2.73. The number of hydrogen-bond donors (Lipinski definition) is 0.